The second-order valence-corrected chi connectivity index (χ2v) is 6.95. The van der Waals surface area contributed by atoms with Gasteiger partial charge in [0.1, 0.15) is 10.7 Å². The summed E-state index contributed by atoms with van der Waals surface area (Å²) < 4.78 is 1.96. The van der Waals surface area contributed by atoms with Crippen molar-refractivity contribution in [3.8, 4) is 0 Å². The quantitative estimate of drug-likeness (QED) is 0.856. The number of amides is 1. The Labute approximate surface area is 126 Å². The Morgan fingerprint density at radius 2 is 2.30 bits per heavy atom. The first-order valence-corrected chi connectivity index (χ1v) is 8.62. The summed E-state index contributed by atoms with van der Waals surface area (Å²) in [6.07, 6.45) is 1.81. The molecule has 3 rings (SSSR count). The maximum atomic E-state index is 12.8. The number of aromatic nitrogens is 2. The highest BCUT2D eigenvalue weighted by Crippen LogP contribution is 2.31. The van der Waals surface area contributed by atoms with E-state index in [4.69, 9.17) is 0 Å². The number of thiazole rings is 1. The summed E-state index contributed by atoms with van der Waals surface area (Å²) in [6, 6.07) is 4.01. The van der Waals surface area contributed by atoms with Crippen LogP contribution in [0.5, 0.6) is 0 Å². The van der Waals surface area contributed by atoms with E-state index >= 15 is 0 Å². The van der Waals surface area contributed by atoms with Gasteiger partial charge >= 0.3 is 0 Å². The number of thioether (sulfide) groups is 1. The van der Waals surface area contributed by atoms with Gasteiger partial charge in [0.15, 0.2) is 0 Å². The fraction of sp³-hybridized carbons (Fsp3) is 0.429. The molecule has 3 heterocycles. The summed E-state index contributed by atoms with van der Waals surface area (Å²) in [5, 5.41) is 3.01. The molecule has 0 radical (unpaired) electrons. The van der Waals surface area contributed by atoms with Crippen molar-refractivity contribution in [3.63, 3.8) is 0 Å². The van der Waals surface area contributed by atoms with E-state index in [0.29, 0.717) is 0 Å². The number of hydrogen-bond acceptors (Lipinski definition) is 4. The van der Waals surface area contributed by atoms with Crippen LogP contribution in [0.25, 0.3) is 0 Å². The van der Waals surface area contributed by atoms with Crippen LogP contribution in [0.15, 0.2) is 23.7 Å². The van der Waals surface area contributed by atoms with Crippen LogP contribution in [-0.2, 0) is 7.05 Å². The van der Waals surface area contributed by atoms with E-state index in [1.165, 1.54) is 0 Å². The molecule has 4 nitrogen and oxygen atoms in total. The summed E-state index contributed by atoms with van der Waals surface area (Å²) >= 11 is 3.52. The lowest BCUT2D eigenvalue weighted by Crippen LogP contribution is -2.41. The average Bonchev–Trinajstić information content (AvgIpc) is 3.10. The molecule has 2 aromatic heterocycles. The predicted octanol–water partition coefficient (Wildman–Crippen LogP) is 2.72. The lowest BCUT2D eigenvalue weighted by Gasteiger charge is -2.34. The minimum absolute atomic E-state index is 0.108. The molecular weight excluding hydrogens is 290 g/mol. The van der Waals surface area contributed by atoms with Crippen LogP contribution in [0.4, 0.5) is 0 Å². The molecule has 20 heavy (non-hydrogen) atoms. The Hall–Kier alpha value is -1.27. The van der Waals surface area contributed by atoms with Gasteiger partial charge in [-0.3, -0.25) is 4.79 Å². The molecule has 1 saturated heterocycles. The molecule has 0 unspecified atom stereocenters. The van der Waals surface area contributed by atoms with Gasteiger partial charge in [0, 0.05) is 42.4 Å². The Morgan fingerprint density at radius 3 is 2.95 bits per heavy atom. The number of hydrogen-bond donors (Lipinski definition) is 0. The van der Waals surface area contributed by atoms with Gasteiger partial charge in [-0.25, -0.2) is 4.98 Å². The van der Waals surface area contributed by atoms with Crippen LogP contribution in [0.3, 0.4) is 0 Å². The molecule has 0 bridgehead atoms. The van der Waals surface area contributed by atoms with Crippen molar-refractivity contribution in [3.05, 3.63) is 40.1 Å². The molecule has 0 spiro atoms. The molecule has 0 aliphatic carbocycles. The lowest BCUT2D eigenvalue weighted by atomic mass is 10.2. The highest BCUT2D eigenvalue weighted by Gasteiger charge is 2.31. The van der Waals surface area contributed by atoms with E-state index in [0.717, 1.165) is 34.4 Å². The summed E-state index contributed by atoms with van der Waals surface area (Å²) in [6.45, 7) is 2.80. The van der Waals surface area contributed by atoms with Crippen LogP contribution in [0, 0.1) is 6.92 Å². The molecule has 1 atom stereocenters. The van der Waals surface area contributed by atoms with E-state index in [9.17, 15) is 4.79 Å². The lowest BCUT2D eigenvalue weighted by molar-refractivity contribution is 0.0691. The van der Waals surface area contributed by atoms with E-state index < -0.39 is 0 Å². The zero-order valence-electron chi connectivity index (χ0n) is 11.6. The van der Waals surface area contributed by atoms with Gasteiger partial charge in [-0.2, -0.15) is 11.8 Å². The van der Waals surface area contributed by atoms with Crippen LogP contribution in [0.2, 0.25) is 0 Å². The molecular formula is C14H17N3OS2. The Balaban J connectivity index is 1.90. The van der Waals surface area contributed by atoms with Crippen molar-refractivity contribution in [2.24, 2.45) is 7.05 Å². The first-order chi connectivity index (χ1) is 9.68. The number of carbonyl (C=O) groups excluding carboxylic acids is 1. The van der Waals surface area contributed by atoms with Gasteiger partial charge in [0.05, 0.1) is 6.04 Å². The molecule has 106 valence electrons. The van der Waals surface area contributed by atoms with E-state index in [1.54, 1.807) is 11.3 Å². The molecule has 1 fully saturated rings. The highest BCUT2D eigenvalue weighted by molar-refractivity contribution is 7.99. The van der Waals surface area contributed by atoms with Gasteiger partial charge in [-0.1, -0.05) is 0 Å². The van der Waals surface area contributed by atoms with Gasteiger partial charge in [0.25, 0.3) is 5.91 Å². The third-order valence-electron chi connectivity index (χ3n) is 3.72. The first-order valence-electron chi connectivity index (χ1n) is 6.59. The topological polar surface area (TPSA) is 38.1 Å². The van der Waals surface area contributed by atoms with Crippen molar-refractivity contribution >= 4 is 29.0 Å². The third-order valence-corrected chi connectivity index (χ3v) is 5.62. The minimum atomic E-state index is 0.108. The summed E-state index contributed by atoms with van der Waals surface area (Å²) in [5.41, 5.74) is 1.86. The van der Waals surface area contributed by atoms with Gasteiger partial charge in [0.2, 0.25) is 0 Å². The molecule has 0 aromatic carbocycles. The van der Waals surface area contributed by atoms with Crippen molar-refractivity contribution in [1.82, 2.24) is 14.5 Å². The first kappa shape index (κ1) is 13.7. The summed E-state index contributed by atoms with van der Waals surface area (Å²) in [5.74, 6) is 2.04. The van der Waals surface area contributed by atoms with E-state index in [2.05, 4.69) is 4.98 Å². The normalized spacial score (nSPS) is 19.3. The monoisotopic (exact) mass is 307 g/mol. The predicted molar refractivity (Wildman–Crippen MR) is 83.4 cm³/mol. The van der Waals surface area contributed by atoms with Crippen molar-refractivity contribution < 1.29 is 4.79 Å². The van der Waals surface area contributed by atoms with Gasteiger partial charge in [-0.15, -0.1) is 11.3 Å². The fourth-order valence-electron chi connectivity index (χ4n) is 2.43. The maximum Gasteiger partial charge on any atom is 0.271 e. The number of aryl methyl sites for hydroxylation is 1. The smallest absolute Gasteiger partial charge is 0.271 e. The zero-order valence-corrected chi connectivity index (χ0v) is 13.2. The molecule has 0 saturated carbocycles. The number of carbonyl (C=O) groups is 1. The van der Waals surface area contributed by atoms with E-state index in [-0.39, 0.29) is 11.9 Å². The molecule has 1 aliphatic rings. The Morgan fingerprint density at radius 1 is 1.45 bits per heavy atom. The zero-order chi connectivity index (χ0) is 14.1. The second-order valence-electron chi connectivity index (χ2n) is 4.88. The molecule has 6 heteroatoms. The largest absolute Gasteiger partial charge is 0.344 e. The fourth-order valence-corrected chi connectivity index (χ4v) is 4.33. The third kappa shape index (κ3) is 2.38. The van der Waals surface area contributed by atoms with Crippen molar-refractivity contribution in [2.75, 3.05) is 18.1 Å². The van der Waals surface area contributed by atoms with Gasteiger partial charge in [-0.05, 0) is 19.1 Å². The molecule has 1 amide bonds. The van der Waals surface area contributed by atoms with Gasteiger partial charge < -0.3 is 9.47 Å². The number of rotatable bonds is 2. The average molecular weight is 307 g/mol. The summed E-state index contributed by atoms with van der Waals surface area (Å²) in [4.78, 5) is 19.2. The Kier molecular flexibility index (Phi) is 3.85. The van der Waals surface area contributed by atoms with Crippen LogP contribution >= 0.6 is 23.1 Å². The number of nitrogens with zero attached hydrogens (tertiary/aromatic N) is 3. The standard InChI is InChI=1S/C14H17N3OS2/c1-10-3-4-11(16(10)2)14(18)17-6-8-19-9-12(17)13-15-5-7-20-13/h3-5,7,12H,6,8-9H2,1-2H3/t12-/m0/s1. The second kappa shape index (κ2) is 5.61. The van der Waals surface area contributed by atoms with Crippen molar-refractivity contribution in [2.45, 2.75) is 13.0 Å². The Bertz CT molecular complexity index is 606. The summed E-state index contributed by atoms with van der Waals surface area (Å²) in [7, 11) is 1.94. The SMILES string of the molecule is Cc1ccc(C(=O)N2CCSC[C@H]2c2nccs2)n1C. The van der Waals surface area contributed by atoms with Crippen LogP contribution in [0.1, 0.15) is 27.2 Å². The molecule has 1 aliphatic heterocycles. The minimum Gasteiger partial charge on any atom is -0.344 e. The van der Waals surface area contributed by atoms with Crippen LogP contribution in [-0.4, -0.2) is 38.4 Å². The van der Waals surface area contributed by atoms with E-state index in [1.807, 2.05) is 58.9 Å². The highest BCUT2D eigenvalue weighted by atomic mass is 32.2. The molecule has 0 N–H and O–H groups in total. The van der Waals surface area contributed by atoms with Crippen molar-refractivity contribution in [1.29, 1.82) is 0 Å². The van der Waals surface area contributed by atoms with Crippen LogP contribution < -0.4 is 0 Å². The maximum absolute atomic E-state index is 12.8. The molecule has 2 aromatic rings.